The lowest BCUT2D eigenvalue weighted by atomic mass is 10.1. The second-order valence-electron chi connectivity index (χ2n) is 4.47. The molecular weight excluding hydrogens is 408 g/mol. The molecule has 116 valence electrons. The lowest BCUT2D eigenvalue weighted by molar-refractivity contribution is -0.138. The number of hydrogen-bond donors (Lipinski definition) is 2. The molecule has 7 heteroatoms. The highest BCUT2D eigenvalue weighted by molar-refractivity contribution is 14.1. The Morgan fingerprint density at radius 2 is 1.82 bits per heavy atom. The monoisotopic (exact) mass is 420 g/mol. The van der Waals surface area contributed by atoms with E-state index >= 15 is 0 Å². The van der Waals surface area contributed by atoms with Gasteiger partial charge in [-0.05, 0) is 52.4 Å². The number of carbonyl (C=O) groups is 1. The zero-order chi connectivity index (χ0) is 16.2. The van der Waals surface area contributed by atoms with Gasteiger partial charge >= 0.3 is 12.2 Å². The third-order valence-electron chi connectivity index (χ3n) is 2.84. The van der Waals surface area contributed by atoms with Crippen molar-refractivity contribution in [2.24, 2.45) is 0 Å². The lowest BCUT2D eigenvalue weighted by Crippen LogP contribution is -2.29. The van der Waals surface area contributed by atoms with E-state index < -0.39 is 17.8 Å². The summed E-state index contributed by atoms with van der Waals surface area (Å²) >= 11 is 2.10. The van der Waals surface area contributed by atoms with Crippen LogP contribution in [0.4, 0.5) is 23.7 Å². The topological polar surface area (TPSA) is 41.1 Å². The Labute approximate surface area is 139 Å². The summed E-state index contributed by atoms with van der Waals surface area (Å²) in [6.07, 6.45) is -4.44. The molecule has 0 saturated carbocycles. The molecule has 0 bridgehead atoms. The highest BCUT2D eigenvalue weighted by atomic mass is 127. The minimum absolute atomic E-state index is 0.0211. The number of amides is 2. The molecule has 0 aromatic heterocycles. The second-order valence-corrected chi connectivity index (χ2v) is 5.72. The van der Waals surface area contributed by atoms with Gasteiger partial charge in [-0.25, -0.2) is 4.79 Å². The molecule has 0 aliphatic heterocycles. The van der Waals surface area contributed by atoms with Gasteiger partial charge in [0, 0.05) is 15.8 Å². The van der Waals surface area contributed by atoms with Crippen molar-refractivity contribution < 1.29 is 18.0 Å². The number of halogens is 4. The number of benzene rings is 2. The lowest BCUT2D eigenvalue weighted by Gasteiger charge is -2.13. The highest BCUT2D eigenvalue weighted by Gasteiger charge is 2.32. The van der Waals surface area contributed by atoms with Gasteiger partial charge in [-0.3, -0.25) is 0 Å². The van der Waals surface area contributed by atoms with E-state index in [0.717, 1.165) is 9.64 Å². The quantitative estimate of drug-likeness (QED) is 0.699. The van der Waals surface area contributed by atoms with Gasteiger partial charge < -0.3 is 10.6 Å². The van der Waals surface area contributed by atoms with Crippen LogP contribution in [-0.2, 0) is 12.7 Å². The second kappa shape index (κ2) is 6.99. The van der Waals surface area contributed by atoms with Crippen LogP contribution < -0.4 is 10.6 Å². The number of rotatable bonds is 3. The van der Waals surface area contributed by atoms with Crippen molar-refractivity contribution in [1.82, 2.24) is 5.32 Å². The first-order chi connectivity index (χ1) is 10.4. The molecule has 2 aromatic rings. The molecule has 2 amide bonds. The van der Waals surface area contributed by atoms with E-state index in [1.54, 1.807) is 18.2 Å². The Balaban J connectivity index is 2.00. The maximum absolute atomic E-state index is 12.8. The fourth-order valence-electron chi connectivity index (χ4n) is 1.87. The van der Waals surface area contributed by atoms with Crippen LogP contribution >= 0.6 is 22.6 Å². The van der Waals surface area contributed by atoms with Crippen molar-refractivity contribution in [3.63, 3.8) is 0 Å². The number of anilines is 1. The number of alkyl halides is 3. The molecule has 2 aromatic carbocycles. The van der Waals surface area contributed by atoms with Crippen LogP contribution in [0.15, 0.2) is 48.5 Å². The summed E-state index contributed by atoms with van der Waals surface area (Å²) in [6, 6.07) is 11.7. The third-order valence-corrected chi connectivity index (χ3v) is 3.52. The highest BCUT2D eigenvalue weighted by Crippen LogP contribution is 2.31. The van der Waals surface area contributed by atoms with E-state index in [1.165, 1.54) is 18.2 Å². The first kappa shape index (κ1) is 16.6. The van der Waals surface area contributed by atoms with Gasteiger partial charge in [0.1, 0.15) is 0 Å². The SMILES string of the molecule is O=C(NCc1ccccc1C(F)(F)F)Nc1cccc(I)c1. The van der Waals surface area contributed by atoms with E-state index in [4.69, 9.17) is 0 Å². The van der Waals surface area contributed by atoms with Crippen LogP contribution in [0.25, 0.3) is 0 Å². The minimum Gasteiger partial charge on any atom is -0.334 e. The zero-order valence-electron chi connectivity index (χ0n) is 11.2. The maximum Gasteiger partial charge on any atom is 0.416 e. The molecule has 0 unspecified atom stereocenters. The maximum atomic E-state index is 12.8. The van der Waals surface area contributed by atoms with E-state index in [-0.39, 0.29) is 12.1 Å². The van der Waals surface area contributed by atoms with Gasteiger partial charge in [0.2, 0.25) is 0 Å². The van der Waals surface area contributed by atoms with Crippen molar-refractivity contribution in [2.75, 3.05) is 5.32 Å². The van der Waals surface area contributed by atoms with Crippen LogP contribution in [0.2, 0.25) is 0 Å². The van der Waals surface area contributed by atoms with Crippen LogP contribution in [0, 0.1) is 3.57 Å². The average molecular weight is 420 g/mol. The van der Waals surface area contributed by atoms with Gasteiger partial charge in [-0.1, -0.05) is 24.3 Å². The fourth-order valence-corrected chi connectivity index (χ4v) is 2.41. The van der Waals surface area contributed by atoms with Crippen LogP contribution in [-0.4, -0.2) is 6.03 Å². The predicted octanol–water partition coefficient (Wildman–Crippen LogP) is 4.63. The molecule has 3 nitrogen and oxygen atoms in total. The van der Waals surface area contributed by atoms with Crippen LogP contribution in [0.1, 0.15) is 11.1 Å². The number of nitrogens with one attached hydrogen (secondary N) is 2. The molecule has 0 aliphatic carbocycles. The molecule has 0 radical (unpaired) electrons. The zero-order valence-corrected chi connectivity index (χ0v) is 13.4. The molecule has 0 atom stereocenters. The standard InChI is InChI=1S/C15H12F3IN2O/c16-15(17,18)13-7-2-1-4-10(13)9-20-14(22)21-12-6-3-5-11(19)8-12/h1-8H,9H2,(H2,20,21,22). The minimum atomic E-state index is -4.44. The first-order valence-electron chi connectivity index (χ1n) is 6.32. The predicted molar refractivity (Wildman–Crippen MR) is 86.5 cm³/mol. The number of carbonyl (C=O) groups excluding carboxylic acids is 1. The number of hydrogen-bond acceptors (Lipinski definition) is 1. The molecule has 0 fully saturated rings. The summed E-state index contributed by atoms with van der Waals surface area (Å²) in [7, 11) is 0. The van der Waals surface area contributed by atoms with Gasteiger partial charge in [-0.15, -0.1) is 0 Å². The van der Waals surface area contributed by atoms with Crippen LogP contribution in [0.3, 0.4) is 0 Å². The van der Waals surface area contributed by atoms with E-state index in [0.29, 0.717) is 5.69 Å². The Bertz CT molecular complexity index is 674. The largest absolute Gasteiger partial charge is 0.416 e. The van der Waals surface area contributed by atoms with Gasteiger partial charge in [0.15, 0.2) is 0 Å². The molecule has 2 N–H and O–H groups in total. The summed E-state index contributed by atoms with van der Waals surface area (Å²) in [5.41, 5.74) is -0.147. The van der Waals surface area contributed by atoms with Crippen LogP contribution in [0.5, 0.6) is 0 Å². The van der Waals surface area contributed by atoms with Crippen molar-refractivity contribution >= 4 is 34.3 Å². The molecule has 22 heavy (non-hydrogen) atoms. The van der Waals surface area contributed by atoms with Crippen molar-refractivity contribution in [3.05, 3.63) is 63.2 Å². The van der Waals surface area contributed by atoms with Crippen molar-refractivity contribution in [3.8, 4) is 0 Å². The molecular formula is C15H12F3IN2O. The fraction of sp³-hybridized carbons (Fsp3) is 0.133. The Kier molecular flexibility index (Phi) is 5.28. The average Bonchev–Trinajstić information content (AvgIpc) is 2.44. The summed E-state index contributed by atoms with van der Waals surface area (Å²) < 4.78 is 39.4. The van der Waals surface area contributed by atoms with Gasteiger partial charge in [0.05, 0.1) is 5.56 Å². The van der Waals surface area contributed by atoms with E-state index in [1.807, 2.05) is 6.07 Å². The van der Waals surface area contributed by atoms with Crippen molar-refractivity contribution in [1.29, 1.82) is 0 Å². The molecule has 0 spiro atoms. The third kappa shape index (κ3) is 4.62. The Hall–Kier alpha value is -1.77. The summed E-state index contributed by atoms with van der Waals surface area (Å²) in [5.74, 6) is 0. The molecule has 0 heterocycles. The summed E-state index contributed by atoms with van der Waals surface area (Å²) in [6.45, 7) is -0.203. The molecule has 0 aliphatic rings. The molecule has 2 rings (SSSR count). The first-order valence-corrected chi connectivity index (χ1v) is 7.39. The van der Waals surface area contributed by atoms with Crippen molar-refractivity contribution in [2.45, 2.75) is 12.7 Å². The van der Waals surface area contributed by atoms with Gasteiger partial charge in [-0.2, -0.15) is 13.2 Å². The Morgan fingerprint density at radius 1 is 1.09 bits per heavy atom. The smallest absolute Gasteiger partial charge is 0.334 e. The van der Waals surface area contributed by atoms with Gasteiger partial charge in [0.25, 0.3) is 0 Å². The summed E-state index contributed by atoms with van der Waals surface area (Å²) in [5, 5.41) is 5.00. The van der Waals surface area contributed by atoms with E-state index in [9.17, 15) is 18.0 Å². The normalized spacial score (nSPS) is 11.1. The number of urea groups is 1. The molecule has 0 saturated heterocycles. The summed E-state index contributed by atoms with van der Waals surface area (Å²) in [4.78, 5) is 11.8. The van der Waals surface area contributed by atoms with E-state index in [2.05, 4.69) is 33.2 Å². The Morgan fingerprint density at radius 3 is 2.50 bits per heavy atom.